The first kappa shape index (κ1) is 17.3. The molecule has 22 heavy (non-hydrogen) atoms. The molecule has 1 saturated heterocycles. The Kier molecular flexibility index (Phi) is 5.51. The van der Waals surface area contributed by atoms with Gasteiger partial charge in [0.25, 0.3) is 0 Å². The molecular weight excluding hydrogens is 276 g/mol. The Labute approximate surface area is 135 Å². The Morgan fingerprint density at radius 1 is 1.00 bits per heavy atom. The van der Waals surface area contributed by atoms with Crippen molar-refractivity contribution in [1.82, 2.24) is 10.2 Å². The number of nitrogens with zero attached hydrogens (tertiary/aromatic N) is 1. The molecule has 1 saturated carbocycles. The zero-order chi connectivity index (χ0) is 16.3. The zero-order valence-corrected chi connectivity index (χ0v) is 14.7. The van der Waals surface area contributed by atoms with Gasteiger partial charge in [0.1, 0.15) is 0 Å². The van der Waals surface area contributed by atoms with Crippen LogP contribution in [0.15, 0.2) is 0 Å². The van der Waals surface area contributed by atoms with E-state index in [1.807, 2.05) is 4.90 Å². The highest BCUT2D eigenvalue weighted by Crippen LogP contribution is 2.38. The maximum Gasteiger partial charge on any atom is 0.223 e. The molecule has 0 radical (unpaired) electrons. The Morgan fingerprint density at radius 2 is 1.59 bits per heavy atom. The summed E-state index contributed by atoms with van der Waals surface area (Å²) >= 11 is 0. The van der Waals surface area contributed by atoms with Gasteiger partial charge in [-0.25, -0.2) is 0 Å². The Hall–Kier alpha value is -1.06. The smallest absolute Gasteiger partial charge is 0.223 e. The first-order valence-electron chi connectivity index (χ1n) is 8.85. The molecular formula is C18H32N2O2. The third-order valence-electron chi connectivity index (χ3n) is 5.52. The number of hydrogen-bond acceptors (Lipinski definition) is 2. The van der Waals surface area contributed by atoms with Gasteiger partial charge in [-0.2, -0.15) is 0 Å². The van der Waals surface area contributed by atoms with Gasteiger partial charge >= 0.3 is 0 Å². The minimum Gasteiger partial charge on any atom is -0.353 e. The highest BCUT2D eigenvalue weighted by atomic mass is 16.2. The third-order valence-corrected chi connectivity index (χ3v) is 5.52. The van der Waals surface area contributed by atoms with Crippen molar-refractivity contribution in [1.29, 1.82) is 0 Å². The summed E-state index contributed by atoms with van der Waals surface area (Å²) < 4.78 is 0. The molecule has 0 aromatic carbocycles. The molecule has 2 fully saturated rings. The van der Waals surface area contributed by atoms with Crippen LogP contribution in [-0.4, -0.2) is 35.8 Å². The summed E-state index contributed by atoms with van der Waals surface area (Å²) in [6.07, 6.45) is 6.44. The second-order valence-corrected chi connectivity index (χ2v) is 8.15. The molecule has 0 aromatic rings. The van der Waals surface area contributed by atoms with Crippen LogP contribution in [0.1, 0.15) is 66.2 Å². The van der Waals surface area contributed by atoms with E-state index in [4.69, 9.17) is 0 Å². The molecule has 1 aliphatic carbocycles. The van der Waals surface area contributed by atoms with E-state index in [-0.39, 0.29) is 23.1 Å². The lowest BCUT2D eigenvalue weighted by Gasteiger charge is -2.41. The molecule has 1 heterocycles. The van der Waals surface area contributed by atoms with Crippen LogP contribution in [0.3, 0.4) is 0 Å². The highest BCUT2D eigenvalue weighted by Gasteiger charge is 2.36. The minimum absolute atomic E-state index is 0.0816. The zero-order valence-electron chi connectivity index (χ0n) is 14.7. The first-order valence-corrected chi connectivity index (χ1v) is 8.85. The monoisotopic (exact) mass is 308 g/mol. The van der Waals surface area contributed by atoms with Crippen LogP contribution in [0.4, 0.5) is 0 Å². The van der Waals surface area contributed by atoms with Gasteiger partial charge in [-0.15, -0.1) is 0 Å². The molecule has 4 nitrogen and oxygen atoms in total. The predicted octanol–water partition coefficient (Wildman–Crippen LogP) is 2.97. The summed E-state index contributed by atoms with van der Waals surface area (Å²) in [5.41, 5.74) is 0.246. The van der Waals surface area contributed by atoms with Gasteiger partial charge in [-0.05, 0) is 37.0 Å². The van der Waals surface area contributed by atoms with E-state index in [0.717, 1.165) is 32.4 Å². The number of likely N-dealkylation sites (tertiary alicyclic amines) is 1. The number of amides is 2. The van der Waals surface area contributed by atoms with E-state index in [1.54, 1.807) is 6.92 Å². The molecule has 126 valence electrons. The van der Waals surface area contributed by atoms with E-state index < -0.39 is 0 Å². The number of nitrogens with one attached hydrogen (secondary N) is 1. The largest absolute Gasteiger partial charge is 0.353 e. The summed E-state index contributed by atoms with van der Waals surface area (Å²) in [4.78, 5) is 25.8. The number of piperidine rings is 1. The molecule has 4 heteroatoms. The first-order chi connectivity index (χ1) is 10.3. The van der Waals surface area contributed by atoms with Crippen molar-refractivity contribution < 1.29 is 9.59 Å². The van der Waals surface area contributed by atoms with E-state index in [1.165, 1.54) is 19.3 Å². The van der Waals surface area contributed by atoms with Gasteiger partial charge in [0.05, 0.1) is 0 Å². The molecule has 0 unspecified atom stereocenters. The van der Waals surface area contributed by atoms with Crippen molar-refractivity contribution in [2.45, 2.75) is 72.3 Å². The highest BCUT2D eigenvalue weighted by molar-refractivity contribution is 5.80. The topological polar surface area (TPSA) is 49.4 Å². The van der Waals surface area contributed by atoms with Crippen LogP contribution in [0.25, 0.3) is 0 Å². The lowest BCUT2D eigenvalue weighted by Crippen LogP contribution is -2.50. The van der Waals surface area contributed by atoms with Gasteiger partial charge < -0.3 is 10.2 Å². The molecule has 2 amide bonds. The molecule has 2 rings (SSSR count). The van der Waals surface area contributed by atoms with Crippen molar-refractivity contribution in [3.05, 3.63) is 0 Å². The van der Waals surface area contributed by atoms with Gasteiger partial charge in [-0.1, -0.05) is 33.6 Å². The molecule has 1 N–H and O–H groups in total. The average Bonchev–Trinajstić information content (AvgIpc) is 2.46. The van der Waals surface area contributed by atoms with Crippen LogP contribution < -0.4 is 5.32 Å². The van der Waals surface area contributed by atoms with Crippen molar-refractivity contribution >= 4 is 11.8 Å². The van der Waals surface area contributed by atoms with Gasteiger partial charge in [0, 0.05) is 32.0 Å². The van der Waals surface area contributed by atoms with Crippen molar-refractivity contribution in [2.75, 3.05) is 13.1 Å². The molecule has 2 atom stereocenters. The second kappa shape index (κ2) is 7.01. The Morgan fingerprint density at radius 3 is 2.14 bits per heavy atom. The second-order valence-electron chi connectivity index (χ2n) is 8.15. The molecule has 0 spiro atoms. The molecule has 2 aliphatic rings. The van der Waals surface area contributed by atoms with Gasteiger partial charge in [0.2, 0.25) is 11.8 Å². The summed E-state index contributed by atoms with van der Waals surface area (Å²) in [5.74, 6) is 0.990. The molecule has 1 aliphatic heterocycles. The van der Waals surface area contributed by atoms with E-state index in [9.17, 15) is 9.59 Å². The average molecular weight is 308 g/mol. The fourth-order valence-corrected chi connectivity index (χ4v) is 4.10. The van der Waals surface area contributed by atoms with Crippen molar-refractivity contribution in [2.24, 2.45) is 17.3 Å². The van der Waals surface area contributed by atoms with E-state index >= 15 is 0 Å². The third kappa shape index (κ3) is 4.23. The Balaban J connectivity index is 1.89. The SMILES string of the molecule is CC(=O)N1CCC(C(=O)N[C@@H]2CCCC[C@H]2C(C)(C)C)CC1. The summed E-state index contributed by atoms with van der Waals surface area (Å²) in [5, 5.41) is 3.35. The van der Waals surface area contributed by atoms with Crippen LogP contribution >= 0.6 is 0 Å². The quantitative estimate of drug-likeness (QED) is 0.852. The lowest BCUT2D eigenvalue weighted by atomic mass is 9.69. The number of rotatable bonds is 2. The Bertz CT molecular complexity index is 406. The minimum atomic E-state index is 0.0816. The van der Waals surface area contributed by atoms with Gasteiger partial charge in [0.15, 0.2) is 0 Å². The maximum absolute atomic E-state index is 12.6. The van der Waals surface area contributed by atoms with Crippen LogP contribution in [0.5, 0.6) is 0 Å². The number of hydrogen-bond donors (Lipinski definition) is 1. The molecule has 0 bridgehead atoms. The number of carbonyl (C=O) groups excluding carboxylic acids is 2. The van der Waals surface area contributed by atoms with Gasteiger partial charge in [-0.3, -0.25) is 9.59 Å². The lowest BCUT2D eigenvalue weighted by molar-refractivity contribution is -0.134. The fraction of sp³-hybridized carbons (Fsp3) is 0.889. The molecule has 0 aromatic heterocycles. The standard InChI is InChI=1S/C18H32N2O2/c1-13(21)20-11-9-14(10-12-20)17(22)19-16-8-6-5-7-15(16)18(2,3)4/h14-16H,5-12H2,1-4H3,(H,19,22)/t15-,16-/m1/s1. The van der Waals surface area contributed by atoms with Crippen molar-refractivity contribution in [3.8, 4) is 0 Å². The van der Waals surface area contributed by atoms with Crippen molar-refractivity contribution in [3.63, 3.8) is 0 Å². The predicted molar refractivity (Wildman–Crippen MR) is 88.3 cm³/mol. The summed E-state index contributed by atoms with van der Waals surface area (Å²) in [7, 11) is 0. The normalized spacial score (nSPS) is 27.5. The van der Waals surface area contributed by atoms with E-state index in [0.29, 0.717) is 12.0 Å². The van der Waals surface area contributed by atoms with Crippen LogP contribution in [0, 0.1) is 17.3 Å². The maximum atomic E-state index is 12.6. The van der Waals surface area contributed by atoms with Crippen LogP contribution in [0.2, 0.25) is 0 Å². The number of carbonyl (C=O) groups is 2. The fourth-order valence-electron chi connectivity index (χ4n) is 4.10. The van der Waals surface area contributed by atoms with E-state index in [2.05, 4.69) is 26.1 Å². The summed E-state index contributed by atoms with van der Waals surface area (Å²) in [6.45, 7) is 9.91. The van der Waals surface area contributed by atoms with Crippen LogP contribution in [-0.2, 0) is 9.59 Å². The summed E-state index contributed by atoms with van der Waals surface area (Å²) in [6, 6.07) is 0.326.